The van der Waals surface area contributed by atoms with Crippen molar-refractivity contribution in [2.75, 3.05) is 0 Å². The van der Waals surface area contributed by atoms with Gasteiger partial charge in [-0.1, -0.05) is 322 Å². The van der Waals surface area contributed by atoms with Crippen molar-refractivity contribution in [2.45, 2.75) is 0 Å². The van der Waals surface area contributed by atoms with Crippen LogP contribution in [-0.4, -0.2) is 38.2 Å². The molecule has 0 unspecified atom stereocenters. The van der Waals surface area contributed by atoms with E-state index in [9.17, 15) is 0 Å². The molecule has 560 valence electrons. The minimum atomic E-state index is 0.654. The predicted molar refractivity (Wildman–Crippen MR) is 500 cm³/mol. The van der Waals surface area contributed by atoms with E-state index in [1.807, 2.05) is 12.1 Å². The normalized spacial score (nSPS) is 11.7. The summed E-state index contributed by atoms with van der Waals surface area (Å²) in [4.78, 5) is 21.1. The Hall–Kier alpha value is -16.2. The van der Waals surface area contributed by atoms with Gasteiger partial charge in [0, 0.05) is 76.4 Å². The lowest BCUT2D eigenvalue weighted by molar-refractivity contribution is 1.01. The minimum absolute atomic E-state index is 0.654. The van der Waals surface area contributed by atoms with E-state index >= 15 is 0 Å². The molecule has 0 radical (unpaired) electrons. The molecule has 0 bridgehead atoms. The molecule has 0 atom stereocenters. The predicted octanol–water partition coefficient (Wildman–Crippen LogP) is 29.0. The van der Waals surface area contributed by atoms with Crippen LogP contribution in [-0.2, 0) is 0 Å². The summed E-state index contributed by atoms with van der Waals surface area (Å²) in [5.41, 5.74) is 31.4. The zero-order valence-electron chi connectivity index (χ0n) is 65.1. The van der Waals surface area contributed by atoms with E-state index in [1.54, 1.807) is 0 Å². The second-order valence-electron chi connectivity index (χ2n) is 30.8. The molecule has 8 nitrogen and oxygen atoms in total. The van der Waals surface area contributed by atoms with Crippen molar-refractivity contribution in [1.82, 2.24) is 38.2 Å². The summed E-state index contributed by atoms with van der Waals surface area (Å²) in [6, 6.07) is 156. The van der Waals surface area contributed by atoms with Gasteiger partial charge in [0.05, 0.1) is 66.6 Å². The van der Waals surface area contributed by atoms with Gasteiger partial charge < -0.3 is 9.13 Å². The molecule has 0 aliphatic rings. The largest absolute Gasteiger partial charge is 0.309 e. The standard InChI is InChI=1S/2C56H36N4/c1-3-14-37(15-4-1)40-16-13-17-43(34-40)55-47-22-7-10-23-50(47)57-56(58-55)60-52-25-12-9-21-46(52)49-36-42(31-33-54(49)60)39-28-26-38(27-29-39)41-30-32-53-48(35-41)45-20-8-11-24-51(45)59(53)44-18-5-2-6-19-44;1-3-13-37(14-4-1)38-27-29-41(30-28-38)55-47-19-7-10-20-50(47)57-56(58-55)60-52-22-12-9-18-46(52)49-36-43(32-34-54(49)60)40-25-23-39(24-26-40)42-31-33-53-48(35-42)45-17-8-11-21-51(45)59(53)44-15-5-2-6-16-44/h2*1-36H. The number of aromatic nitrogens is 8. The Morgan fingerprint density at radius 3 is 0.742 bits per heavy atom. The van der Waals surface area contributed by atoms with E-state index in [1.165, 1.54) is 116 Å². The maximum atomic E-state index is 5.37. The Kier molecular flexibility index (Phi) is 16.7. The summed E-state index contributed by atoms with van der Waals surface area (Å²) in [5.74, 6) is 1.31. The summed E-state index contributed by atoms with van der Waals surface area (Å²) in [6.07, 6.45) is 0. The fourth-order valence-corrected chi connectivity index (χ4v) is 18.2. The molecule has 0 aliphatic carbocycles. The fraction of sp³-hybridized carbons (Fsp3) is 0. The van der Waals surface area contributed by atoms with Crippen molar-refractivity contribution >= 4 is 109 Å². The van der Waals surface area contributed by atoms with Gasteiger partial charge in [-0.15, -0.1) is 0 Å². The van der Waals surface area contributed by atoms with Crippen molar-refractivity contribution in [1.29, 1.82) is 0 Å². The zero-order chi connectivity index (χ0) is 79.1. The van der Waals surface area contributed by atoms with E-state index in [-0.39, 0.29) is 0 Å². The van der Waals surface area contributed by atoms with Gasteiger partial charge in [-0.3, -0.25) is 9.13 Å². The first-order chi connectivity index (χ1) is 59.5. The minimum Gasteiger partial charge on any atom is -0.309 e. The summed E-state index contributed by atoms with van der Waals surface area (Å²) in [7, 11) is 0. The first kappa shape index (κ1) is 69.4. The summed E-state index contributed by atoms with van der Waals surface area (Å²) in [6.45, 7) is 0. The van der Waals surface area contributed by atoms with Gasteiger partial charge in [0.15, 0.2) is 0 Å². The van der Waals surface area contributed by atoms with Crippen molar-refractivity contribution in [3.05, 3.63) is 437 Å². The first-order valence-electron chi connectivity index (χ1n) is 40.8. The zero-order valence-corrected chi connectivity index (χ0v) is 65.1. The average Bonchev–Trinajstić information content (AvgIpc) is 1.60. The van der Waals surface area contributed by atoms with Gasteiger partial charge in [0.1, 0.15) is 0 Å². The van der Waals surface area contributed by atoms with E-state index in [0.717, 1.165) is 93.9 Å². The smallest absolute Gasteiger partial charge is 0.235 e. The van der Waals surface area contributed by atoms with Gasteiger partial charge in [-0.05, 0) is 182 Å². The first-order valence-corrected chi connectivity index (χ1v) is 40.8. The number of rotatable bonds is 12. The maximum Gasteiger partial charge on any atom is 0.235 e. The van der Waals surface area contributed by atoms with Crippen LogP contribution in [0, 0.1) is 0 Å². The third kappa shape index (κ3) is 12.0. The highest BCUT2D eigenvalue weighted by atomic mass is 15.2. The molecule has 18 aromatic carbocycles. The molecule has 0 saturated carbocycles. The third-order valence-electron chi connectivity index (χ3n) is 23.9. The van der Waals surface area contributed by atoms with Crippen molar-refractivity contribution in [3.63, 3.8) is 0 Å². The van der Waals surface area contributed by atoms with Gasteiger partial charge in [0.2, 0.25) is 11.9 Å². The molecule has 8 heteroatoms. The number of fused-ring (bicyclic) bond motifs is 14. The van der Waals surface area contributed by atoms with E-state index in [0.29, 0.717) is 11.9 Å². The molecule has 120 heavy (non-hydrogen) atoms. The highest BCUT2D eigenvalue weighted by molar-refractivity contribution is 6.14. The Balaban J connectivity index is 0.000000140. The molecular formula is C112H72N8. The summed E-state index contributed by atoms with van der Waals surface area (Å²) in [5, 5.41) is 11.7. The third-order valence-corrected chi connectivity index (χ3v) is 23.9. The van der Waals surface area contributed by atoms with E-state index < -0.39 is 0 Å². The molecule has 24 aromatic rings. The van der Waals surface area contributed by atoms with E-state index in [4.69, 9.17) is 19.9 Å². The van der Waals surface area contributed by atoms with Crippen LogP contribution in [0.4, 0.5) is 0 Å². The molecule has 0 N–H and O–H groups in total. The Morgan fingerprint density at radius 2 is 0.367 bits per heavy atom. The lowest BCUT2D eigenvalue weighted by Gasteiger charge is -2.13. The number of nitrogens with zero attached hydrogens (tertiary/aromatic N) is 8. The maximum absolute atomic E-state index is 5.37. The topological polar surface area (TPSA) is 71.3 Å². The van der Waals surface area contributed by atoms with Crippen LogP contribution in [0.1, 0.15) is 0 Å². The molecule has 0 spiro atoms. The molecule has 0 aliphatic heterocycles. The fourth-order valence-electron chi connectivity index (χ4n) is 18.2. The Morgan fingerprint density at radius 1 is 0.133 bits per heavy atom. The monoisotopic (exact) mass is 1530 g/mol. The quantitative estimate of drug-likeness (QED) is 0.122. The van der Waals surface area contributed by atoms with Gasteiger partial charge in [0.25, 0.3) is 0 Å². The molecule has 24 rings (SSSR count). The van der Waals surface area contributed by atoms with Crippen LogP contribution < -0.4 is 0 Å². The van der Waals surface area contributed by atoms with Crippen LogP contribution in [0.5, 0.6) is 0 Å². The van der Waals surface area contributed by atoms with Crippen LogP contribution in [0.15, 0.2) is 437 Å². The highest BCUT2D eigenvalue weighted by Gasteiger charge is 2.23. The van der Waals surface area contributed by atoms with Crippen LogP contribution >= 0.6 is 0 Å². The average molecular weight is 1530 g/mol. The van der Waals surface area contributed by atoms with Crippen molar-refractivity contribution in [3.8, 4) is 113 Å². The SMILES string of the molecule is c1ccc(-c2ccc(-c3nc(-n4c5ccccc5c5cc(-c6ccc(-c7ccc8c(c7)c7ccccc7n8-c7ccccc7)cc6)ccc54)nc4ccccc34)cc2)cc1.c1ccc(-c2cccc(-c3nc(-n4c5ccccc5c5cc(-c6ccc(-c7ccc8c(c7)c7ccccc7n8-c7ccccc7)cc6)ccc54)nc4ccccc34)c2)cc1. The number of benzene rings is 18. The molecule has 0 amide bonds. The Bertz CT molecular complexity index is 8110. The molecule has 6 heterocycles. The number of hydrogen-bond donors (Lipinski definition) is 0. The Labute approximate surface area is 692 Å². The number of para-hydroxylation sites is 8. The lowest BCUT2D eigenvalue weighted by Crippen LogP contribution is -2.03. The van der Waals surface area contributed by atoms with Crippen molar-refractivity contribution in [2.24, 2.45) is 0 Å². The number of hydrogen-bond acceptors (Lipinski definition) is 4. The van der Waals surface area contributed by atoms with Crippen LogP contribution in [0.2, 0.25) is 0 Å². The molecular weight excluding hydrogens is 1460 g/mol. The highest BCUT2D eigenvalue weighted by Crippen LogP contribution is 2.43. The summed E-state index contributed by atoms with van der Waals surface area (Å²) < 4.78 is 9.16. The molecule has 6 aromatic heterocycles. The van der Waals surface area contributed by atoms with Gasteiger partial charge >= 0.3 is 0 Å². The molecule has 0 saturated heterocycles. The van der Waals surface area contributed by atoms with Crippen molar-refractivity contribution < 1.29 is 0 Å². The second kappa shape index (κ2) is 29.0. The van der Waals surface area contributed by atoms with Gasteiger partial charge in [-0.25, -0.2) is 19.9 Å². The van der Waals surface area contributed by atoms with Gasteiger partial charge in [-0.2, -0.15) is 0 Å². The van der Waals surface area contributed by atoms with Crippen LogP contribution in [0.3, 0.4) is 0 Å². The summed E-state index contributed by atoms with van der Waals surface area (Å²) >= 11 is 0. The molecule has 0 fully saturated rings. The lowest BCUT2D eigenvalue weighted by atomic mass is 9.98. The second-order valence-corrected chi connectivity index (χ2v) is 30.8. The van der Waals surface area contributed by atoms with E-state index in [2.05, 4.69) is 443 Å². The van der Waals surface area contributed by atoms with Crippen LogP contribution in [0.25, 0.3) is 222 Å².